The number of nitrogens with zero attached hydrogens (tertiary/aromatic N) is 3. The van der Waals surface area contributed by atoms with Crippen molar-refractivity contribution >= 4 is 27.9 Å². The summed E-state index contributed by atoms with van der Waals surface area (Å²) in [5, 5.41) is 7.86. The molecule has 0 aliphatic heterocycles. The Morgan fingerprint density at radius 2 is 2.03 bits per heavy atom. The van der Waals surface area contributed by atoms with Gasteiger partial charge in [0, 0.05) is 31.7 Å². The van der Waals surface area contributed by atoms with Gasteiger partial charge >= 0.3 is 0 Å². The lowest BCUT2D eigenvalue weighted by Gasteiger charge is -2.18. The summed E-state index contributed by atoms with van der Waals surface area (Å²) in [7, 11) is 3.55. The summed E-state index contributed by atoms with van der Waals surface area (Å²) in [4.78, 5) is 17.3. The molecule has 170 valence electrons. The Balaban J connectivity index is 1.56. The number of methoxy groups -OCH3 is 1. The van der Waals surface area contributed by atoms with Gasteiger partial charge in [0.1, 0.15) is 15.8 Å². The van der Waals surface area contributed by atoms with Crippen LogP contribution in [0.4, 0.5) is 15.1 Å². The third-order valence-electron chi connectivity index (χ3n) is 6.02. The standard InChI is InChI=1S/C22H27FN6O2S/c1-29-19(12-7-9-15(24)17(31-2)10-8-12)16(11-26-29)27-21(30)18-20(25)32-22(28-18)13-5-3-4-6-14(13)23/h3-6,11-12,15,17H,7-10,24-25H2,1-2H3,(H,27,30)/t12?,15-,17-/m0/s1. The number of halogens is 1. The topological polar surface area (TPSA) is 121 Å². The van der Waals surface area contributed by atoms with Gasteiger partial charge in [-0.25, -0.2) is 9.37 Å². The van der Waals surface area contributed by atoms with E-state index in [1.807, 2.05) is 7.05 Å². The average Bonchev–Trinajstić information content (AvgIpc) is 3.27. The molecule has 8 nitrogen and oxygen atoms in total. The second-order valence-corrected chi connectivity index (χ2v) is 9.05. The Kier molecular flexibility index (Phi) is 6.54. The summed E-state index contributed by atoms with van der Waals surface area (Å²) in [5.74, 6) is -0.676. The van der Waals surface area contributed by atoms with Crippen molar-refractivity contribution in [2.75, 3.05) is 18.2 Å². The number of nitrogens with two attached hydrogens (primary N) is 2. The van der Waals surface area contributed by atoms with Gasteiger partial charge in [-0.05, 0) is 37.8 Å². The van der Waals surface area contributed by atoms with E-state index in [2.05, 4.69) is 15.4 Å². The van der Waals surface area contributed by atoms with E-state index >= 15 is 0 Å². The molecule has 10 heteroatoms. The zero-order valence-corrected chi connectivity index (χ0v) is 18.9. The second-order valence-electron chi connectivity index (χ2n) is 8.02. The van der Waals surface area contributed by atoms with Gasteiger partial charge in [-0.2, -0.15) is 5.10 Å². The van der Waals surface area contributed by atoms with Crippen molar-refractivity contribution in [3.63, 3.8) is 0 Å². The fourth-order valence-electron chi connectivity index (χ4n) is 4.32. The number of amides is 1. The van der Waals surface area contributed by atoms with Crippen LogP contribution in [0.2, 0.25) is 0 Å². The number of aromatic nitrogens is 3. The highest BCUT2D eigenvalue weighted by Gasteiger charge is 2.29. The van der Waals surface area contributed by atoms with Crippen LogP contribution in [0.5, 0.6) is 0 Å². The van der Waals surface area contributed by atoms with Crippen molar-refractivity contribution in [1.29, 1.82) is 0 Å². The molecule has 1 unspecified atom stereocenters. The number of hydrogen-bond acceptors (Lipinski definition) is 7. The summed E-state index contributed by atoms with van der Waals surface area (Å²) in [6.07, 6.45) is 5.08. The number of ether oxygens (including phenoxy) is 1. The van der Waals surface area contributed by atoms with Crippen molar-refractivity contribution in [1.82, 2.24) is 14.8 Å². The zero-order chi connectivity index (χ0) is 22.8. The quantitative estimate of drug-likeness (QED) is 0.503. The number of rotatable bonds is 5. The molecule has 2 aromatic heterocycles. The van der Waals surface area contributed by atoms with Crippen LogP contribution in [0.1, 0.15) is 47.8 Å². The maximum Gasteiger partial charge on any atom is 0.277 e. The largest absolute Gasteiger partial charge is 0.389 e. The predicted molar refractivity (Wildman–Crippen MR) is 123 cm³/mol. The van der Waals surface area contributed by atoms with Crippen molar-refractivity contribution < 1.29 is 13.9 Å². The van der Waals surface area contributed by atoms with Gasteiger partial charge in [-0.15, -0.1) is 0 Å². The Labute approximate surface area is 189 Å². The molecule has 0 spiro atoms. The number of thiazole rings is 1. The van der Waals surface area contributed by atoms with Gasteiger partial charge in [0.25, 0.3) is 5.91 Å². The Bertz CT molecular complexity index is 1110. The lowest BCUT2D eigenvalue weighted by atomic mass is 9.95. The molecule has 1 saturated carbocycles. The normalized spacial score (nSPS) is 21.3. The Hall–Kier alpha value is -2.82. The molecule has 0 bridgehead atoms. The van der Waals surface area contributed by atoms with E-state index in [1.165, 1.54) is 6.07 Å². The van der Waals surface area contributed by atoms with Crippen LogP contribution in [0.3, 0.4) is 0 Å². The SMILES string of the molecule is CO[C@H]1CCC(c2c(NC(=O)c3nc(-c4ccccc4F)sc3N)cnn2C)CC[C@@H]1N. The van der Waals surface area contributed by atoms with Gasteiger partial charge < -0.3 is 21.5 Å². The molecule has 5 N–H and O–H groups in total. The molecule has 3 aromatic rings. The van der Waals surface area contributed by atoms with Crippen LogP contribution < -0.4 is 16.8 Å². The molecule has 4 rings (SSSR count). The van der Waals surface area contributed by atoms with Crippen molar-refractivity contribution in [3.05, 3.63) is 47.7 Å². The first-order valence-corrected chi connectivity index (χ1v) is 11.3. The number of hydrogen-bond donors (Lipinski definition) is 3. The first-order valence-electron chi connectivity index (χ1n) is 10.5. The molecular formula is C22H27FN6O2S. The highest BCUT2D eigenvalue weighted by molar-refractivity contribution is 7.19. The first-order chi connectivity index (χ1) is 15.4. The van der Waals surface area contributed by atoms with Gasteiger partial charge in [0.15, 0.2) is 5.69 Å². The third-order valence-corrected chi connectivity index (χ3v) is 6.94. The number of aryl methyl sites for hydroxylation is 1. The minimum atomic E-state index is -0.448. The Morgan fingerprint density at radius 3 is 2.78 bits per heavy atom. The fraction of sp³-hybridized carbons (Fsp3) is 0.409. The smallest absolute Gasteiger partial charge is 0.277 e. The summed E-state index contributed by atoms with van der Waals surface area (Å²) < 4.78 is 21.4. The number of nitrogen functional groups attached to an aromatic ring is 1. The van der Waals surface area contributed by atoms with E-state index in [4.69, 9.17) is 16.2 Å². The minimum absolute atomic E-state index is 0.0112. The van der Waals surface area contributed by atoms with Crippen LogP contribution in [0.25, 0.3) is 10.6 Å². The number of carbonyl (C=O) groups excluding carboxylic acids is 1. The monoisotopic (exact) mass is 458 g/mol. The lowest BCUT2D eigenvalue weighted by Crippen LogP contribution is -2.34. The van der Waals surface area contributed by atoms with E-state index in [9.17, 15) is 9.18 Å². The summed E-state index contributed by atoms with van der Waals surface area (Å²) >= 11 is 1.08. The number of carbonyl (C=O) groups is 1. The highest BCUT2D eigenvalue weighted by Crippen LogP contribution is 2.37. The third kappa shape index (κ3) is 4.38. The van der Waals surface area contributed by atoms with Crippen molar-refractivity contribution in [3.8, 4) is 10.6 Å². The van der Waals surface area contributed by atoms with E-state index in [-0.39, 0.29) is 28.8 Å². The highest BCUT2D eigenvalue weighted by atomic mass is 32.1. The van der Waals surface area contributed by atoms with Gasteiger partial charge in [0.05, 0.1) is 23.7 Å². The Morgan fingerprint density at radius 1 is 1.28 bits per heavy atom. The molecule has 2 heterocycles. The van der Waals surface area contributed by atoms with Gasteiger partial charge in [0.2, 0.25) is 0 Å². The van der Waals surface area contributed by atoms with E-state index in [0.717, 1.165) is 42.7 Å². The van der Waals surface area contributed by atoms with Gasteiger partial charge in [-0.3, -0.25) is 9.48 Å². The molecule has 1 fully saturated rings. The van der Waals surface area contributed by atoms with Crippen LogP contribution in [0, 0.1) is 5.82 Å². The maximum absolute atomic E-state index is 14.1. The molecule has 1 aliphatic rings. The molecule has 1 aromatic carbocycles. The van der Waals surface area contributed by atoms with E-state index in [1.54, 1.807) is 36.2 Å². The summed E-state index contributed by atoms with van der Waals surface area (Å²) in [6, 6.07) is 6.26. The summed E-state index contributed by atoms with van der Waals surface area (Å²) in [6.45, 7) is 0. The fourth-order valence-corrected chi connectivity index (χ4v) is 5.18. The minimum Gasteiger partial charge on any atom is -0.389 e. The van der Waals surface area contributed by atoms with Crippen molar-refractivity contribution in [2.45, 2.75) is 43.7 Å². The predicted octanol–water partition coefficient (Wildman–Crippen LogP) is 3.52. The van der Waals surface area contributed by atoms with E-state index in [0.29, 0.717) is 16.3 Å². The second kappa shape index (κ2) is 9.35. The van der Waals surface area contributed by atoms with Crippen LogP contribution in [0.15, 0.2) is 30.5 Å². The zero-order valence-electron chi connectivity index (χ0n) is 18.0. The molecular weight excluding hydrogens is 431 g/mol. The summed E-state index contributed by atoms with van der Waals surface area (Å²) in [5.41, 5.74) is 14.3. The van der Waals surface area contributed by atoms with Gasteiger partial charge in [-0.1, -0.05) is 23.5 Å². The number of benzene rings is 1. The maximum atomic E-state index is 14.1. The molecule has 0 saturated heterocycles. The van der Waals surface area contributed by atoms with Crippen LogP contribution in [-0.2, 0) is 11.8 Å². The molecule has 1 amide bonds. The lowest BCUT2D eigenvalue weighted by molar-refractivity contribution is 0.0748. The van der Waals surface area contributed by atoms with Crippen molar-refractivity contribution in [2.24, 2.45) is 12.8 Å². The number of anilines is 2. The average molecular weight is 459 g/mol. The first kappa shape index (κ1) is 22.4. The number of nitrogens with one attached hydrogen (secondary N) is 1. The molecule has 1 aliphatic carbocycles. The molecule has 0 radical (unpaired) electrons. The molecule has 3 atom stereocenters. The van der Waals surface area contributed by atoms with E-state index < -0.39 is 11.7 Å². The van der Waals surface area contributed by atoms with Crippen LogP contribution >= 0.6 is 11.3 Å². The molecule has 32 heavy (non-hydrogen) atoms. The van der Waals surface area contributed by atoms with Crippen LogP contribution in [-0.4, -0.2) is 39.9 Å².